The molecule has 5 aromatic rings. The third kappa shape index (κ3) is 7.91. The molecule has 4 heterocycles. The molecule has 14 nitrogen and oxygen atoms in total. The molecular formula is C52H52N8O6. The van der Waals surface area contributed by atoms with Crippen LogP contribution in [-0.2, 0) is 40.6 Å². The molecule has 3 atom stereocenters. The van der Waals surface area contributed by atoms with Gasteiger partial charge in [0.05, 0.1) is 23.2 Å². The Balaban J connectivity index is 0.866. The largest absolute Gasteiger partial charge is 0.384 e. The van der Waals surface area contributed by atoms with E-state index >= 15 is 0 Å². The van der Waals surface area contributed by atoms with Crippen LogP contribution in [0.15, 0.2) is 59.9 Å². The molecule has 1 aliphatic carbocycles. The topological polar surface area (TPSA) is 189 Å². The van der Waals surface area contributed by atoms with E-state index in [0.29, 0.717) is 66.5 Å². The highest BCUT2D eigenvalue weighted by atomic mass is 16.1. The van der Waals surface area contributed by atoms with Gasteiger partial charge >= 0.3 is 0 Å². The number of nitrogens with zero attached hydrogens (tertiary/aromatic N) is 4. The zero-order chi connectivity index (χ0) is 46.9. The van der Waals surface area contributed by atoms with Crippen molar-refractivity contribution < 1.29 is 28.8 Å². The van der Waals surface area contributed by atoms with Gasteiger partial charge in [0, 0.05) is 107 Å². The molecule has 0 spiro atoms. The Morgan fingerprint density at radius 3 is 2.33 bits per heavy atom. The summed E-state index contributed by atoms with van der Waals surface area (Å²) in [6, 6.07) is 17.1. The fraction of sp³-hybridized carbons (Fsp3) is 0.385. The van der Waals surface area contributed by atoms with Crippen molar-refractivity contribution in [2.24, 2.45) is 0 Å². The van der Waals surface area contributed by atoms with E-state index in [4.69, 9.17) is 0 Å². The molecule has 2 aromatic heterocycles. The molecule has 0 saturated carbocycles. The minimum Gasteiger partial charge on any atom is -0.384 e. The number of aryl methyl sites for hydroxylation is 1. The average molecular weight is 885 g/mol. The van der Waals surface area contributed by atoms with Crippen LogP contribution in [0.1, 0.15) is 106 Å². The molecule has 14 heteroatoms. The van der Waals surface area contributed by atoms with Gasteiger partial charge in [-0.15, -0.1) is 0 Å². The van der Waals surface area contributed by atoms with Gasteiger partial charge in [0.15, 0.2) is 11.9 Å². The minimum atomic E-state index is -0.744. The van der Waals surface area contributed by atoms with Gasteiger partial charge in [-0.25, -0.2) is 24.0 Å². The van der Waals surface area contributed by atoms with Crippen molar-refractivity contribution in [2.45, 2.75) is 96.7 Å². The Morgan fingerprint density at radius 1 is 0.894 bits per heavy atom. The van der Waals surface area contributed by atoms with Crippen LogP contribution in [0.5, 0.6) is 0 Å². The lowest BCUT2D eigenvalue weighted by molar-refractivity contribution is -0.121. The van der Waals surface area contributed by atoms with E-state index in [-0.39, 0.29) is 52.9 Å². The quantitative estimate of drug-likeness (QED) is 0.104. The summed E-state index contributed by atoms with van der Waals surface area (Å²) in [6.45, 7) is 14.1. The number of nitrogens with one attached hydrogen (secondary N) is 4. The summed E-state index contributed by atoms with van der Waals surface area (Å²) in [5, 5.41) is 20.8. The summed E-state index contributed by atoms with van der Waals surface area (Å²) in [5.41, 5.74) is 8.37. The van der Waals surface area contributed by atoms with Gasteiger partial charge in [-0.2, -0.15) is 5.26 Å². The predicted molar refractivity (Wildman–Crippen MR) is 253 cm³/mol. The smallest absolute Gasteiger partial charge is 0.221 e. The fourth-order valence-electron chi connectivity index (χ4n) is 10.5. The second-order valence-electron chi connectivity index (χ2n) is 18.1. The molecule has 3 aromatic carbocycles. The standard InChI is InChI=1S/C52H52N8O6/c1-6-34-21-38-39(27-62)49-36-14-12-33(23-53)20-42(36)57-51(49)52(4,5)40(38)22-45(34)58-24-31(2)59(32(3)25-58)19-16-48(66)55-18-8-7-17-54-41-11-9-10-37-46(29-64)60(47(30-65)50(37)41)44-15-13-35(26-61)56-43(44)28-63/h9-12,14,20-22,31-32,44,54,56-57H,6-8,13,15-19,24-25H2,1-5H3,(H,55,66). The zero-order valence-electron chi connectivity index (χ0n) is 37.9. The summed E-state index contributed by atoms with van der Waals surface area (Å²) in [7, 11) is 0. The van der Waals surface area contributed by atoms with Crippen molar-refractivity contribution in [3.05, 3.63) is 104 Å². The number of allylic oxidation sites excluding steroid dienone is 2. The summed E-state index contributed by atoms with van der Waals surface area (Å²) < 4.78 is 1.44. The summed E-state index contributed by atoms with van der Waals surface area (Å²) in [5.74, 6) is 9.77. The van der Waals surface area contributed by atoms with Crippen LogP contribution in [0, 0.1) is 11.3 Å². The van der Waals surface area contributed by atoms with Crippen molar-refractivity contribution >= 4 is 74.2 Å². The first kappa shape index (κ1) is 45.1. The van der Waals surface area contributed by atoms with Gasteiger partial charge in [0.25, 0.3) is 0 Å². The maximum Gasteiger partial charge on any atom is 0.221 e. The molecule has 66 heavy (non-hydrogen) atoms. The Labute approximate surface area is 382 Å². The van der Waals surface area contributed by atoms with Crippen LogP contribution in [0.4, 0.5) is 11.4 Å². The van der Waals surface area contributed by atoms with Gasteiger partial charge in [-0.3, -0.25) is 9.69 Å². The Hall–Kier alpha value is -7.43. The second kappa shape index (κ2) is 18.6. The number of carbonyl (C=O) groups excluding carboxylic acids is 6. The number of nitriles is 1. The van der Waals surface area contributed by atoms with E-state index in [1.165, 1.54) is 4.57 Å². The van der Waals surface area contributed by atoms with Crippen LogP contribution in [-0.4, -0.2) is 94.9 Å². The maximum atomic E-state index is 13.1. The molecule has 3 unspecified atom stereocenters. The molecule has 0 bridgehead atoms. The molecule has 3 aliphatic rings. The summed E-state index contributed by atoms with van der Waals surface area (Å²) in [6.07, 6.45) is 3.12. The molecule has 8 rings (SSSR count). The highest BCUT2D eigenvalue weighted by molar-refractivity contribution is 6.10. The van der Waals surface area contributed by atoms with E-state index in [1.54, 1.807) is 30.2 Å². The predicted octanol–water partition coefficient (Wildman–Crippen LogP) is 4.12. The normalized spacial score (nSPS) is 18.8. The third-order valence-electron chi connectivity index (χ3n) is 13.8. The van der Waals surface area contributed by atoms with Gasteiger partial charge in [0.2, 0.25) is 5.91 Å². The number of aromatic nitrogens is 2. The summed E-state index contributed by atoms with van der Waals surface area (Å²) in [4.78, 5) is 82.1. The van der Waals surface area contributed by atoms with Crippen molar-refractivity contribution in [1.29, 1.82) is 5.26 Å². The summed E-state index contributed by atoms with van der Waals surface area (Å²) >= 11 is 0. The van der Waals surface area contributed by atoms with Crippen LogP contribution in [0.25, 0.3) is 27.2 Å². The number of benzene rings is 3. The second-order valence-corrected chi connectivity index (χ2v) is 18.1. The van der Waals surface area contributed by atoms with E-state index in [2.05, 4.69) is 89.5 Å². The van der Waals surface area contributed by atoms with Crippen LogP contribution in [0.3, 0.4) is 0 Å². The highest BCUT2D eigenvalue weighted by Gasteiger charge is 2.40. The van der Waals surface area contributed by atoms with Crippen molar-refractivity contribution in [1.82, 2.24) is 25.1 Å². The lowest BCUT2D eigenvalue weighted by Crippen LogP contribution is -2.57. The third-order valence-corrected chi connectivity index (χ3v) is 13.8. The molecule has 2 fully saturated rings. The Morgan fingerprint density at radius 2 is 1.65 bits per heavy atom. The van der Waals surface area contributed by atoms with E-state index < -0.39 is 11.5 Å². The average Bonchev–Trinajstić information content (AvgIpc) is 3.88. The van der Waals surface area contributed by atoms with E-state index in [9.17, 15) is 34.0 Å². The number of piperazine rings is 1. The molecule has 2 saturated heterocycles. The molecule has 1 amide bonds. The maximum absolute atomic E-state index is 13.1. The van der Waals surface area contributed by atoms with Crippen molar-refractivity contribution in [2.75, 3.05) is 42.9 Å². The number of H-pyrrole nitrogens is 1. The lowest BCUT2D eigenvalue weighted by atomic mass is 9.69. The van der Waals surface area contributed by atoms with Gasteiger partial charge < -0.3 is 30.4 Å². The van der Waals surface area contributed by atoms with Crippen LogP contribution in [0.2, 0.25) is 0 Å². The van der Waals surface area contributed by atoms with Gasteiger partial charge in [0.1, 0.15) is 39.9 Å². The molecular weight excluding hydrogens is 833 g/mol. The number of aromatic amines is 1. The fourth-order valence-corrected chi connectivity index (χ4v) is 10.5. The Bertz CT molecular complexity index is 3170. The number of carbonyl (C=O) groups is 1. The Kier molecular flexibility index (Phi) is 12.7. The van der Waals surface area contributed by atoms with Crippen molar-refractivity contribution in [3.63, 3.8) is 0 Å². The number of hydrogen-bond acceptors (Lipinski definition) is 11. The monoisotopic (exact) mass is 884 g/mol. The highest BCUT2D eigenvalue weighted by Crippen LogP contribution is 2.50. The number of piperidine rings is 1. The van der Waals surface area contributed by atoms with E-state index in [1.807, 2.05) is 30.0 Å². The van der Waals surface area contributed by atoms with Crippen molar-refractivity contribution in [3.8, 4) is 6.07 Å². The SMILES string of the molecule is CCc1cc2c(cc1N1CC(C)N(CCC(=O)NCCCCNc3cccc4c(=C=O)n(C5CCC(=C=O)NC5=C=O)c(=C=O)c34)C(C)C1)C(C)(C)c1[nH]c3cc(C#N)ccc3c1C2=C=O. The van der Waals surface area contributed by atoms with Crippen LogP contribution < -0.4 is 31.5 Å². The molecule has 336 valence electrons. The number of fused-ring (bicyclic) bond motifs is 5. The number of hydrogen-bond donors (Lipinski definition) is 4. The van der Waals surface area contributed by atoms with Gasteiger partial charge in [-0.1, -0.05) is 39.0 Å². The first-order valence-electron chi connectivity index (χ1n) is 22.6. The van der Waals surface area contributed by atoms with Crippen LogP contribution >= 0.6 is 0 Å². The minimum absolute atomic E-state index is 0.0131. The molecule has 2 aliphatic heterocycles. The van der Waals surface area contributed by atoms with Gasteiger partial charge in [-0.05, 0) is 86.6 Å². The first-order chi connectivity index (χ1) is 31.9. The van der Waals surface area contributed by atoms with E-state index in [0.717, 1.165) is 64.0 Å². The lowest BCUT2D eigenvalue weighted by Gasteiger charge is -2.46. The number of rotatable bonds is 12. The first-order valence-corrected chi connectivity index (χ1v) is 22.6. The number of amides is 1. The number of unbranched alkanes of at least 4 members (excludes halogenated alkanes) is 1. The molecule has 4 N–H and O–H groups in total. The number of anilines is 2. The molecule has 0 radical (unpaired) electrons. The zero-order valence-corrected chi connectivity index (χ0v) is 37.9.